The molecule has 1 aliphatic rings. The van der Waals surface area contributed by atoms with Crippen molar-refractivity contribution in [2.45, 2.75) is 222 Å². The van der Waals surface area contributed by atoms with Gasteiger partial charge in [-0.3, -0.25) is 52.7 Å². The summed E-state index contributed by atoms with van der Waals surface area (Å²) in [6.07, 6.45) is 1.73. The smallest absolute Gasteiger partial charge is 0.246 e. The predicted molar refractivity (Wildman–Crippen MR) is 350 cm³/mol. The molecule has 91 heavy (non-hydrogen) atoms. The second-order valence-corrected chi connectivity index (χ2v) is 26.9. The van der Waals surface area contributed by atoms with E-state index in [0.717, 1.165) is 20.3 Å². The molecular weight excluding hydrogens is 1170 g/mol. The Bertz CT molecular complexity index is 2650. The van der Waals surface area contributed by atoms with E-state index in [2.05, 4.69) is 21.3 Å². The number of amides is 11. The lowest BCUT2D eigenvalue weighted by molar-refractivity contribution is -0.157. The number of likely N-dealkylation sites (N-methyl/N-ethyl adjacent to an activating group) is 7. The van der Waals surface area contributed by atoms with E-state index in [1.54, 1.807) is 67.5 Å². The Labute approximate surface area is 542 Å². The van der Waals surface area contributed by atoms with Crippen molar-refractivity contribution in [2.24, 2.45) is 35.5 Å². The second kappa shape index (κ2) is 36.9. The maximum Gasteiger partial charge on any atom is 0.246 e. The lowest BCUT2D eigenvalue weighted by Gasteiger charge is -2.41. The van der Waals surface area contributed by atoms with Crippen molar-refractivity contribution < 1.29 is 62.6 Å². The Hall–Kier alpha value is -6.95. The SMILES string of the molecule is C/C=C/C[C@@H](C)[C@@H](O)[C@H]1C(=O)N[C@@H](CC)C(=O)N(C)CC(=O)N(C)[C@@H]([C@@H](C)OCc2ccccc2)C(=O)N[C@@H](C(C)C)C(=O)N(C)[C@@H](CC(C)C)C(=O)N[C@@H](C)C(=O)N[C@H](C)C(=O)N(C)[C@@H](CC(C)C)C(=O)N(C)[C@@H](CC(C)C)C(=O)N(C)[C@H](C(C)C)C(=O)N1C. The van der Waals surface area contributed by atoms with Gasteiger partial charge in [0, 0.05) is 49.3 Å². The average molecular weight is 1280 g/mol. The van der Waals surface area contributed by atoms with Crippen LogP contribution in [0, 0.1) is 35.5 Å². The van der Waals surface area contributed by atoms with Crippen molar-refractivity contribution in [3.8, 4) is 0 Å². The van der Waals surface area contributed by atoms with Gasteiger partial charge in [0.05, 0.1) is 25.4 Å². The number of nitrogens with zero attached hydrogens (tertiary/aromatic N) is 7. The number of hydrogen-bond donors (Lipinski definition) is 5. The summed E-state index contributed by atoms with van der Waals surface area (Å²) < 4.78 is 6.26. The summed E-state index contributed by atoms with van der Waals surface area (Å²) in [5.74, 6) is -10.1. The Balaban J connectivity index is 3.02. The van der Waals surface area contributed by atoms with Gasteiger partial charge >= 0.3 is 0 Å². The normalized spacial score (nSPS) is 26.2. The molecule has 0 aromatic heterocycles. The largest absolute Gasteiger partial charge is 0.390 e. The number of aliphatic hydroxyl groups is 1. The molecule has 24 heteroatoms. The number of carbonyl (C=O) groups excluding carboxylic acids is 11. The second-order valence-electron chi connectivity index (χ2n) is 26.9. The molecule has 0 aliphatic carbocycles. The van der Waals surface area contributed by atoms with E-state index in [0.29, 0.717) is 6.42 Å². The minimum Gasteiger partial charge on any atom is -0.390 e. The fraction of sp³-hybridized carbons (Fsp3) is 0.716. The highest BCUT2D eigenvalue weighted by molar-refractivity contribution is 5.99. The maximum atomic E-state index is 15.2. The zero-order valence-corrected chi connectivity index (χ0v) is 58.9. The zero-order chi connectivity index (χ0) is 69.8. The molecule has 0 bridgehead atoms. The van der Waals surface area contributed by atoms with E-state index in [9.17, 15) is 43.5 Å². The molecule has 1 aliphatic heterocycles. The Morgan fingerprint density at radius 3 is 1.48 bits per heavy atom. The third-order valence-corrected chi connectivity index (χ3v) is 17.1. The van der Waals surface area contributed by atoms with Crippen molar-refractivity contribution in [3.05, 3.63) is 48.0 Å². The van der Waals surface area contributed by atoms with Crippen LogP contribution >= 0.6 is 0 Å². The van der Waals surface area contributed by atoms with Gasteiger partial charge in [-0.15, -0.1) is 0 Å². The average Bonchev–Trinajstić information content (AvgIpc) is 2.39. The summed E-state index contributed by atoms with van der Waals surface area (Å²) in [6, 6.07) is -3.79. The number of carbonyl (C=O) groups is 11. The van der Waals surface area contributed by atoms with E-state index < -0.39 is 162 Å². The minimum atomic E-state index is -1.64. The van der Waals surface area contributed by atoms with Gasteiger partial charge in [0.1, 0.15) is 60.4 Å². The molecule has 0 saturated carbocycles. The van der Waals surface area contributed by atoms with Crippen LogP contribution in [0.25, 0.3) is 0 Å². The molecule has 11 amide bonds. The maximum absolute atomic E-state index is 15.2. The molecule has 1 fully saturated rings. The van der Waals surface area contributed by atoms with E-state index >= 15 is 14.4 Å². The van der Waals surface area contributed by atoms with Crippen LogP contribution < -0.4 is 21.3 Å². The molecule has 514 valence electrons. The van der Waals surface area contributed by atoms with Crippen molar-refractivity contribution in [2.75, 3.05) is 55.9 Å². The van der Waals surface area contributed by atoms with E-state index in [1.807, 2.05) is 71.9 Å². The van der Waals surface area contributed by atoms with Crippen LogP contribution in [-0.4, -0.2) is 233 Å². The molecular formula is C67H113N11O13. The third kappa shape index (κ3) is 22.4. The number of allylic oxidation sites excluding steroid dienone is 2. The highest BCUT2D eigenvalue weighted by Crippen LogP contribution is 2.26. The first-order valence-electron chi connectivity index (χ1n) is 32.3. The van der Waals surface area contributed by atoms with Gasteiger partial charge in [-0.05, 0) is 101 Å². The number of ether oxygens (including phenoxy) is 1. The van der Waals surface area contributed by atoms with Crippen molar-refractivity contribution in [3.63, 3.8) is 0 Å². The van der Waals surface area contributed by atoms with Gasteiger partial charge < -0.3 is 65.4 Å². The van der Waals surface area contributed by atoms with Gasteiger partial charge in [-0.25, -0.2) is 0 Å². The fourth-order valence-electron chi connectivity index (χ4n) is 11.4. The zero-order valence-electron chi connectivity index (χ0n) is 58.9. The number of aliphatic hydroxyl groups excluding tert-OH is 1. The standard InChI is InChI=1S/C67H113N11O13/c1-24-26-30-43(13)57(80)56-61(84)70-48(25-2)63(86)72(17)36-52(79)76(21)55(46(16)91-37-47-31-28-27-29-32-47)60(83)71-53(41(9)10)66(89)73(18)49(33-38(3)4)59(82)68-44(14)58(81)69-45(15)62(85)74(19)50(34-39(5)6)64(87)75(20)51(35-40(7)8)65(88)77(22)54(42(11)12)67(90)78(56)23/h24,26-29,31-32,38-46,48-51,53-57,80H,25,30,33-37H2,1-23H3,(H,68,82)(H,69,81)(H,70,84)(H,71,83)/b26-24+/t43-,44+,45-,46-,48+,49+,50+,51+,53+,54-,55+,56+,57-/m1/s1. The highest BCUT2D eigenvalue weighted by atomic mass is 16.5. The molecule has 1 aromatic rings. The van der Waals surface area contributed by atoms with Crippen LogP contribution in [-0.2, 0) is 64.1 Å². The summed E-state index contributed by atoms with van der Waals surface area (Å²) in [6.45, 7) is 27.0. The molecule has 1 heterocycles. The summed E-state index contributed by atoms with van der Waals surface area (Å²) in [5, 5.41) is 23.1. The third-order valence-electron chi connectivity index (χ3n) is 17.1. The van der Waals surface area contributed by atoms with Gasteiger partial charge in [0.2, 0.25) is 65.0 Å². The van der Waals surface area contributed by atoms with E-state index in [-0.39, 0.29) is 50.0 Å². The molecule has 0 unspecified atom stereocenters. The Morgan fingerprint density at radius 2 is 0.989 bits per heavy atom. The molecule has 1 aromatic carbocycles. The number of hydrogen-bond acceptors (Lipinski definition) is 13. The molecule has 5 N–H and O–H groups in total. The molecule has 24 nitrogen and oxygen atoms in total. The van der Waals surface area contributed by atoms with Gasteiger partial charge in [0.15, 0.2) is 0 Å². The van der Waals surface area contributed by atoms with Crippen molar-refractivity contribution in [1.29, 1.82) is 0 Å². The minimum absolute atomic E-state index is 0.00787. The number of nitrogens with one attached hydrogen (secondary N) is 4. The quantitative estimate of drug-likeness (QED) is 0.139. The summed E-state index contributed by atoms with van der Waals surface area (Å²) in [4.78, 5) is 170. The molecule has 1 saturated heterocycles. The van der Waals surface area contributed by atoms with Crippen LogP contribution in [0.1, 0.15) is 148 Å². The first-order valence-corrected chi connectivity index (χ1v) is 32.3. The number of benzene rings is 1. The molecule has 0 radical (unpaired) electrons. The molecule has 13 atom stereocenters. The van der Waals surface area contributed by atoms with Crippen LogP contribution in [0.4, 0.5) is 0 Å². The van der Waals surface area contributed by atoms with Gasteiger partial charge in [-0.2, -0.15) is 0 Å². The first-order chi connectivity index (χ1) is 42.3. The van der Waals surface area contributed by atoms with Crippen LogP contribution in [0.15, 0.2) is 42.5 Å². The van der Waals surface area contributed by atoms with Crippen molar-refractivity contribution in [1.82, 2.24) is 55.6 Å². The van der Waals surface area contributed by atoms with Crippen LogP contribution in [0.2, 0.25) is 0 Å². The number of rotatable bonds is 17. The van der Waals surface area contributed by atoms with Crippen LogP contribution in [0.3, 0.4) is 0 Å². The summed E-state index contributed by atoms with van der Waals surface area (Å²) in [7, 11) is 9.80. The Kier molecular flexibility index (Phi) is 32.5. The van der Waals surface area contributed by atoms with Gasteiger partial charge in [-0.1, -0.05) is 126 Å². The lowest BCUT2D eigenvalue weighted by Crippen LogP contribution is -2.63. The lowest BCUT2D eigenvalue weighted by atomic mass is 9.91. The van der Waals surface area contributed by atoms with E-state index in [4.69, 9.17) is 4.74 Å². The van der Waals surface area contributed by atoms with Crippen LogP contribution in [0.5, 0.6) is 0 Å². The summed E-state index contributed by atoms with van der Waals surface area (Å²) >= 11 is 0. The predicted octanol–water partition coefficient (Wildman–Crippen LogP) is 3.83. The topological polar surface area (TPSA) is 288 Å². The highest BCUT2D eigenvalue weighted by Gasteiger charge is 2.46. The van der Waals surface area contributed by atoms with E-state index in [1.165, 1.54) is 82.8 Å². The Morgan fingerprint density at radius 1 is 0.516 bits per heavy atom. The first kappa shape index (κ1) is 80.1. The summed E-state index contributed by atoms with van der Waals surface area (Å²) in [5.41, 5.74) is 0.764. The monoisotopic (exact) mass is 1280 g/mol. The van der Waals surface area contributed by atoms with Crippen molar-refractivity contribution >= 4 is 65.0 Å². The van der Waals surface area contributed by atoms with Gasteiger partial charge in [0.25, 0.3) is 0 Å². The molecule has 0 spiro atoms. The molecule has 2 rings (SSSR count). The fourth-order valence-corrected chi connectivity index (χ4v) is 11.4.